The second-order valence-electron chi connectivity index (χ2n) is 4.51. The third-order valence-electron chi connectivity index (χ3n) is 2.97. The van der Waals surface area contributed by atoms with Crippen LogP contribution in [0.15, 0.2) is 58.0 Å². The SMILES string of the molecule is O=[N+]([O-])c1cnc(N(Cc2ccco2)Cc2ccco2)nc1. The summed E-state index contributed by atoms with van der Waals surface area (Å²) in [6.45, 7) is 0.844. The lowest BCUT2D eigenvalue weighted by Crippen LogP contribution is -2.23. The van der Waals surface area contributed by atoms with Gasteiger partial charge in [0.25, 0.3) is 0 Å². The van der Waals surface area contributed by atoms with Crippen molar-refractivity contribution in [3.05, 3.63) is 70.8 Å². The van der Waals surface area contributed by atoms with Crippen LogP contribution in [-0.2, 0) is 13.1 Å². The number of nitrogens with zero attached hydrogens (tertiary/aromatic N) is 4. The highest BCUT2D eigenvalue weighted by molar-refractivity contribution is 5.35. The Bertz CT molecular complexity index is 687. The van der Waals surface area contributed by atoms with Gasteiger partial charge in [-0.05, 0) is 24.3 Å². The van der Waals surface area contributed by atoms with Crippen LogP contribution in [0.2, 0.25) is 0 Å². The molecule has 22 heavy (non-hydrogen) atoms. The molecule has 0 atom stereocenters. The maximum Gasteiger partial charge on any atom is 0.305 e. The standard InChI is InChI=1S/C14H12N4O4/c19-18(20)11-7-15-14(16-8-11)17(9-12-3-1-5-21-12)10-13-4-2-6-22-13/h1-8H,9-10H2. The van der Waals surface area contributed by atoms with Crippen molar-refractivity contribution in [1.82, 2.24) is 9.97 Å². The summed E-state index contributed by atoms with van der Waals surface area (Å²) >= 11 is 0. The topological polar surface area (TPSA) is 98.4 Å². The Hall–Kier alpha value is -3.16. The van der Waals surface area contributed by atoms with Crippen molar-refractivity contribution in [3.8, 4) is 0 Å². The molecule has 0 radical (unpaired) electrons. The van der Waals surface area contributed by atoms with Gasteiger partial charge in [-0.15, -0.1) is 0 Å². The molecule has 0 aliphatic rings. The number of anilines is 1. The molecular formula is C14H12N4O4. The van der Waals surface area contributed by atoms with Crippen molar-refractivity contribution in [2.24, 2.45) is 0 Å². The third-order valence-corrected chi connectivity index (χ3v) is 2.97. The van der Waals surface area contributed by atoms with Crippen LogP contribution in [0, 0.1) is 10.1 Å². The fourth-order valence-electron chi connectivity index (χ4n) is 1.95. The molecule has 3 aromatic heterocycles. The molecule has 0 bridgehead atoms. The molecule has 0 saturated heterocycles. The van der Waals surface area contributed by atoms with E-state index in [0.717, 1.165) is 11.5 Å². The van der Waals surface area contributed by atoms with Gasteiger partial charge in [0.1, 0.15) is 23.9 Å². The van der Waals surface area contributed by atoms with Gasteiger partial charge in [0, 0.05) is 0 Å². The summed E-state index contributed by atoms with van der Waals surface area (Å²) in [7, 11) is 0. The number of hydrogen-bond donors (Lipinski definition) is 0. The van der Waals surface area contributed by atoms with Gasteiger partial charge >= 0.3 is 5.69 Å². The average molecular weight is 300 g/mol. The van der Waals surface area contributed by atoms with E-state index in [4.69, 9.17) is 8.83 Å². The quantitative estimate of drug-likeness (QED) is 0.509. The minimum absolute atomic E-state index is 0.153. The van der Waals surface area contributed by atoms with Crippen LogP contribution in [0.1, 0.15) is 11.5 Å². The molecule has 3 rings (SSSR count). The van der Waals surface area contributed by atoms with Crippen molar-refractivity contribution in [1.29, 1.82) is 0 Å². The van der Waals surface area contributed by atoms with Gasteiger partial charge in [-0.25, -0.2) is 9.97 Å². The molecule has 0 aromatic carbocycles. The molecule has 3 aromatic rings. The molecule has 8 heteroatoms. The van der Waals surface area contributed by atoms with Crippen LogP contribution in [0.5, 0.6) is 0 Å². The monoisotopic (exact) mass is 300 g/mol. The lowest BCUT2D eigenvalue weighted by atomic mass is 10.3. The number of furan rings is 2. The van der Waals surface area contributed by atoms with Crippen molar-refractivity contribution < 1.29 is 13.8 Å². The molecule has 0 aliphatic heterocycles. The summed E-state index contributed by atoms with van der Waals surface area (Å²) < 4.78 is 10.7. The van der Waals surface area contributed by atoms with Gasteiger partial charge in [-0.3, -0.25) is 10.1 Å². The van der Waals surface area contributed by atoms with Crippen molar-refractivity contribution >= 4 is 11.6 Å². The minimum atomic E-state index is -0.535. The van der Waals surface area contributed by atoms with Crippen LogP contribution in [0.25, 0.3) is 0 Å². The van der Waals surface area contributed by atoms with E-state index in [1.54, 1.807) is 29.6 Å². The molecule has 0 unspecified atom stereocenters. The second-order valence-corrected chi connectivity index (χ2v) is 4.51. The molecule has 3 heterocycles. The predicted molar refractivity (Wildman–Crippen MR) is 76.0 cm³/mol. The van der Waals surface area contributed by atoms with Gasteiger partial charge in [-0.2, -0.15) is 0 Å². The summed E-state index contributed by atoms with van der Waals surface area (Å²) in [5, 5.41) is 10.7. The number of nitro groups is 1. The molecule has 112 valence electrons. The van der Waals surface area contributed by atoms with E-state index in [2.05, 4.69) is 9.97 Å². The summed E-state index contributed by atoms with van der Waals surface area (Å²) in [6, 6.07) is 7.25. The van der Waals surface area contributed by atoms with Gasteiger partial charge in [-0.1, -0.05) is 0 Å². The molecule has 8 nitrogen and oxygen atoms in total. The summed E-state index contributed by atoms with van der Waals surface area (Å²) in [4.78, 5) is 20.1. The van der Waals surface area contributed by atoms with Gasteiger partial charge in [0.05, 0.1) is 30.5 Å². The molecular weight excluding hydrogens is 288 g/mol. The molecule has 0 saturated carbocycles. The van der Waals surface area contributed by atoms with E-state index in [-0.39, 0.29) is 5.69 Å². The second kappa shape index (κ2) is 6.08. The van der Waals surface area contributed by atoms with E-state index in [9.17, 15) is 10.1 Å². The zero-order valence-electron chi connectivity index (χ0n) is 11.5. The highest BCUT2D eigenvalue weighted by Gasteiger charge is 2.16. The van der Waals surface area contributed by atoms with Gasteiger partial charge in [0.15, 0.2) is 0 Å². The Morgan fingerprint density at radius 1 is 1.05 bits per heavy atom. The lowest BCUT2D eigenvalue weighted by molar-refractivity contribution is -0.385. The van der Waals surface area contributed by atoms with E-state index in [1.807, 2.05) is 12.1 Å². The Balaban J connectivity index is 1.84. The van der Waals surface area contributed by atoms with E-state index in [1.165, 1.54) is 12.4 Å². The molecule has 0 fully saturated rings. The zero-order chi connectivity index (χ0) is 15.4. The largest absolute Gasteiger partial charge is 0.467 e. The zero-order valence-corrected chi connectivity index (χ0v) is 11.5. The first-order chi connectivity index (χ1) is 10.7. The van der Waals surface area contributed by atoms with Crippen LogP contribution in [-0.4, -0.2) is 14.9 Å². The van der Waals surface area contributed by atoms with Gasteiger partial charge < -0.3 is 13.7 Å². The lowest BCUT2D eigenvalue weighted by Gasteiger charge is -2.19. The number of rotatable bonds is 6. The van der Waals surface area contributed by atoms with Gasteiger partial charge in [0.2, 0.25) is 5.95 Å². The van der Waals surface area contributed by atoms with E-state index < -0.39 is 4.92 Å². The van der Waals surface area contributed by atoms with Crippen LogP contribution in [0.4, 0.5) is 11.6 Å². The first-order valence-corrected chi connectivity index (χ1v) is 6.48. The van der Waals surface area contributed by atoms with Crippen molar-refractivity contribution in [3.63, 3.8) is 0 Å². The van der Waals surface area contributed by atoms with Crippen molar-refractivity contribution in [2.75, 3.05) is 4.90 Å². The molecule has 0 aliphatic carbocycles. The molecule has 0 N–H and O–H groups in total. The highest BCUT2D eigenvalue weighted by atomic mass is 16.6. The highest BCUT2D eigenvalue weighted by Crippen LogP contribution is 2.18. The maximum absolute atomic E-state index is 10.7. The smallest absolute Gasteiger partial charge is 0.305 e. The van der Waals surface area contributed by atoms with E-state index in [0.29, 0.717) is 19.0 Å². The average Bonchev–Trinajstić information content (AvgIpc) is 3.20. The molecule has 0 amide bonds. The number of aromatic nitrogens is 2. The Kier molecular flexibility index (Phi) is 3.82. The summed E-state index contributed by atoms with van der Waals surface area (Å²) in [5.74, 6) is 1.82. The Morgan fingerprint density at radius 2 is 1.59 bits per heavy atom. The first-order valence-electron chi connectivity index (χ1n) is 6.48. The van der Waals surface area contributed by atoms with Crippen molar-refractivity contribution in [2.45, 2.75) is 13.1 Å². The summed E-state index contributed by atoms with van der Waals surface area (Å²) in [6.07, 6.45) is 5.52. The number of hydrogen-bond acceptors (Lipinski definition) is 7. The Morgan fingerprint density at radius 3 is 2.00 bits per heavy atom. The maximum atomic E-state index is 10.7. The third kappa shape index (κ3) is 3.11. The first kappa shape index (κ1) is 13.8. The normalized spacial score (nSPS) is 10.5. The predicted octanol–water partition coefficient (Wildman–Crippen LogP) is 2.78. The fourth-order valence-corrected chi connectivity index (χ4v) is 1.95. The van der Waals surface area contributed by atoms with Crippen LogP contribution in [0.3, 0.4) is 0 Å². The minimum Gasteiger partial charge on any atom is -0.467 e. The van der Waals surface area contributed by atoms with Crippen LogP contribution < -0.4 is 4.90 Å². The Labute approximate surface area is 125 Å². The van der Waals surface area contributed by atoms with E-state index >= 15 is 0 Å². The fraction of sp³-hybridized carbons (Fsp3) is 0.143. The van der Waals surface area contributed by atoms with Crippen LogP contribution >= 0.6 is 0 Å². The molecule has 0 spiro atoms. The summed E-state index contributed by atoms with van der Waals surface area (Å²) in [5.41, 5.74) is -0.153.